The fourth-order valence-electron chi connectivity index (χ4n) is 3.04. The van der Waals surface area contributed by atoms with Crippen LogP contribution in [0.3, 0.4) is 0 Å². The number of methoxy groups -OCH3 is 1. The number of benzene rings is 1. The second kappa shape index (κ2) is 11.4. The number of fused-ring (bicyclic) bond motifs is 1. The maximum Gasteiger partial charge on any atom is 0.383 e. The molecule has 2 rings (SSSR count). The zero-order valence-corrected chi connectivity index (χ0v) is 17.0. The Morgan fingerprint density at radius 1 is 1.00 bits per heavy atom. The minimum absolute atomic E-state index is 0.0594. The van der Waals surface area contributed by atoms with E-state index in [2.05, 4.69) is 6.92 Å². The number of rotatable bonds is 12. The monoisotopic (exact) mass is 390 g/mol. The van der Waals surface area contributed by atoms with Crippen LogP contribution in [0.5, 0.6) is 17.2 Å². The molecule has 6 nitrogen and oxygen atoms in total. The minimum Gasteiger partial charge on any atom is -0.497 e. The molecule has 28 heavy (non-hydrogen) atoms. The first-order valence-corrected chi connectivity index (χ1v) is 10.0. The van der Waals surface area contributed by atoms with Gasteiger partial charge in [-0.1, -0.05) is 51.9 Å². The van der Waals surface area contributed by atoms with E-state index in [0.717, 1.165) is 19.3 Å². The van der Waals surface area contributed by atoms with Crippen LogP contribution < -0.4 is 19.8 Å². The van der Waals surface area contributed by atoms with Crippen molar-refractivity contribution < 1.29 is 23.4 Å². The van der Waals surface area contributed by atoms with Gasteiger partial charge in [-0.15, -0.1) is 0 Å². The standard InChI is InChI=1S/C22H30O6/c1-4-5-6-7-8-9-10-11-14-26-21-20(27-16(2)23)18-13-12-17(25-3)15-19(18)28-22(21)24/h12-13,15H,4-11,14H2,1-3H3. The van der Waals surface area contributed by atoms with Crippen molar-refractivity contribution in [3.63, 3.8) is 0 Å². The topological polar surface area (TPSA) is 75.0 Å². The van der Waals surface area contributed by atoms with E-state index in [4.69, 9.17) is 18.6 Å². The average molecular weight is 390 g/mol. The van der Waals surface area contributed by atoms with Gasteiger partial charge in [0.2, 0.25) is 5.75 Å². The SMILES string of the molecule is CCCCCCCCCCOc1c(OC(C)=O)c2ccc(OC)cc2oc1=O. The minimum atomic E-state index is -0.670. The molecule has 0 saturated carbocycles. The number of esters is 1. The largest absolute Gasteiger partial charge is 0.497 e. The van der Waals surface area contributed by atoms with Gasteiger partial charge >= 0.3 is 11.6 Å². The van der Waals surface area contributed by atoms with Crippen LogP contribution in [-0.2, 0) is 4.79 Å². The number of carbonyl (C=O) groups excluding carboxylic acids is 1. The Balaban J connectivity index is 2.03. The fourth-order valence-corrected chi connectivity index (χ4v) is 3.04. The van der Waals surface area contributed by atoms with Crippen molar-refractivity contribution in [2.75, 3.05) is 13.7 Å². The van der Waals surface area contributed by atoms with Gasteiger partial charge < -0.3 is 18.6 Å². The highest BCUT2D eigenvalue weighted by atomic mass is 16.6. The molecule has 0 spiro atoms. The third kappa shape index (κ3) is 6.29. The molecule has 0 aliphatic rings. The Bertz CT molecular complexity index is 824. The summed E-state index contributed by atoms with van der Waals surface area (Å²) in [7, 11) is 1.52. The molecule has 6 heteroatoms. The third-order valence-corrected chi connectivity index (χ3v) is 4.52. The maximum atomic E-state index is 12.4. The van der Waals surface area contributed by atoms with Gasteiger partial charge in [0.15, 0.2) is 5.75 Å². The average Bonchev–Trinajstić information content (AvgIpc) is 2.67. The number of hydrogen-bond donors (Lipinski definition) is 0. The Labute approximate surface area is 165 Å². The molecule has 1 aromatic heterocycles. The van der Waals surface area contributed by atoms with E-state index in [9.17, 15) is 9.59 Å². The summed E-state index contributed by atoms with van der Waals surface area (Å²) in [6, 6.07) is 4.96. The van der Waals surface area contributed by atoms with E-state index in [0.29, 0.717) is 17.7 Å². The molecule has 0 atom stereocenters. The summed E-state index contributed by atoms with van der Waals surface area (Å²) in [6.07, 6.45) is 9.34. The second-order valence-corrected chi connectivity index (χ2v) is 6.83. The van der Waals surface area contributed by atoms with E-state index < -0.39 is 11.6 Å². The lowest BCUT2D eigenvalue weighted by Crippen LogP contribution is -2.13. The molecular weight excluding hydrogens is 360 g/mol. The van der Waals surface area contributed by atoms with E-state index in [1.165, 1.54) is 46.1 Å². The molecule has 0 radical (unpaired) electrons. The van der Waals surface area contributed by atoms with Crippen LogP contribution >= 0.6 is 0 Å². The zero-order valence-electron chi connectivity index (χ0n) is 17.0. The van der Waals surface area contributed by atoms with E-state index in [1.807, 2.05) is 0 Å². The smallest absolute Gasteiger partial charge is 0.383 e. The molecule has 0 aliphatic carbocycles. The predicted molar refractivity (Wildman–Crippen MR) is 108 cm³/mol. The van der Waals surface area contributed by atoms with Gasteiger partial charge in [-0.2, -0.15) is 0 Å². The van der Waals surface area contributed by atoms with Crippen molar-refractivity contribution in [2.45, 2.75) is 65.2 Å². The van der Waals surface area contributed by atoms with Crippen molar-refractivity contribution in [1.29, 1.82) is 0 Å². The highest BCUT2D eigenvalue weighted by Gasteiger charge is 2.19. The van der Waals surface area contributed by atoms with Crippen LogP contribution in [0.2, 0.25) is 0 Å². The van der Waals surface area contributed by atoms with E-state index in [1.54, 1.807) is 18.2 Å². The summed E-state index contributed by atoms with van der Waals surface area (Å²) in [5.74, 6) is 0.0495. The van der Waals surface area contributed by atoms with Gasteiger partial charge in [0.25, 0.3) is 0 Å². The lowest BCUT2D eigenvalue weighted by molar-refractivity contribution is -0.131. The molecule has 0 N–H and O–H groups in total. The molecule has 0 bridgehead atoms. The Morgan fingerprint density at radius 2 is 1.68 bits per heavy atom. The van der Waals surface area contributed by atoms with Gasteiger partial charge in [-0.3, -0.25) is 4.79 Å². The van der Waals surface area contributed by atoms with Crippen LogP contribution in [0.4, 0.5) is 0 Å². The zero-order chi connectivity index (χ0) is 20.4. The van der Waals surface area contributed by atoms with Crippen LogP contribution in [-0.4, -0.2) is 19.7 Å². The summed E-state index contributed by atoms with van der Waals surface area (Å²) in [5, 5.41) is 0.488. The van der Waals surface area contributed by atoms with E-state index in [-0.39, 0.29) is 17.1 Å². The molecule has 0 fully saturated rings. The molecule has 0 saturated heterocycles. The van der Waals surface area contributed by atoms with Gasteiger partial charge in [-0.05, 0) is 18.6 Å². The number of unbranched alkanes of at least 4 members (excludes halogenated alkanes) is 7. The molecule has 2 aromatic rings. The normalized spacial score (nSPS) is 10.8. The van der Waals surface area contributed by atoms with Gasteiger partial charge in [0, 0.05) is 13.0 Å². The highest BCUT2D eigenvalue weighted by Crippen LogP contribution is 2.34. The van der Waals surface area contributed by atoms with Crippen molar-refractivity contribution >= 4 is 16.9 Å². The predicted octanol–water partition coefficient (Wildman–Crippen LogP) is 5.25. The number of ether oxygens (including phenoxy) is 3. The van der Waals surface area contributed by atoms with Crippen LogP contribution in [0.25, 0.3) is 11.0 Å². The maximum absolute atomic E-state index is 12.4. The van der Waals surface area contributed by atoms with Crippen molar-refractivity contribution in [1.82, 2.24) is 0 Å². The molecule has 0 amide bonds. The summed E-state index contributed by atoms with van der Waals surface area (Å²) < 4.78 is 21.4. The highest BCUT2D eigenvalue weighted by molar-refractivity contribution is 5.89. The third-order valence-electron chi connectivity index (χ3n) is 4.52. The summed E-state index contributed by atoms with van der Waals surface area (Å²) in [6.45, 7) is 3.86. The molecule has 1 heterocycles. The second-order valence-electron chi connectivity index (χ2n) is 6.83. The summed E-state index contributed by atoms with van der Waals surface area (Å²) >= 11 is 0. The number of carbonyl (C=O) groups is 1. The van der Waals surface area contributed by atoms with Gasteiger partial charge in [0.1, 0.15) is 11.3 Å². The Hall–Kier alpha value is -2.50. The molecule has 1 aromatic carbocycles. The summed E-state index contributed by atoms with van der Waals surface area (Å²) in [5.41, 5.74) is -0.392. The lowest BCUT2D eigenvalue weighted by atomic mass is 10.1. The van der Waals surface area contributed by atoms with Gasteiger partial charge in [-0.25, -0.2) is 4.79 Å². The van der Waals surface area contributed by atoms with Gasteiger partial charge in [0.05, 0.1) is 19.1 Å². The first kappa shape index (κ1) is 21.8. The Kier molecular flexibility index (Phi) is 8.85. The molecular formula is C22H30O6. The Morgan fingerprint density at radius 3 is 2.32 bits per heavy atom. The van der Waals surface area contributed by atoms with Crippen LogP contribution in [0.1, 0.15) is 65.2 Å². The quantitative estimate of drug-likeness (QED) is 0.280. The molecule has 154 valence electrons. The van der Waals surface area contributed by atoms with Crippen molar-refractivity contribution in [2.24, 2.45) is 0 Å². The fraction of sp³-hybridized carbons (Fsp3) is 0.545. The van der Waals surface area contributed by atoms with Crippen molar-refractivity contribution in [3.05, 3.63) is 28.6 Å². The molecule has 0 unspecified atom stereocenters. The molecule has 0 aliphatic heterocycles. The first-order valence-electron chi connectivity index (χ1n) is 10.0. The van der Waals surface area contributed by atoms with E-state index >= 15 is 0 Å². The lowest BCUT2D eigenvalue weighted by Gasteiger charge is -2.12. The van der Waals surface area contributed by atoms with Crippen LogP contribution in [0.15, 0.2) is 27.4 Å². The van der Waals surface area contributed by atoms with Crippen molar-refractivity contribution in [3.8, 4) is 17.2 Å². The first-order chi connectivity index (χ1) is 13.6. The number of hydrogen-bond acceptors (Lipinski definition) is 6. The summed E-state index contributed by atoms with van der Waals surface area (Å²) in [4.78, 5) is 23.9. The van der Waals surface area contributed by atoms with Crippen LogP contribution in [0, 0.1) is 0 Å².